The van der Waals surface area contributed by atoms with Crippen molar-refractivity contribution in [3.8, 4) is 11.5 Å². The van der Waals surface area contributed by atoms with Gasteiger partial charge in [0.15, 0.2) is 11.5 Å². The molecule has 1 aliphatic rings. The van der Waals surface area contributed by atoms with Gasteiger partial charge in [-0.1, -0.05) is 74.5 Å². The quantitative estimate of drug-likeness (QED) is 0.298. The van der Waals surface area contributed by atoms with Crippen LogP contribution in [0.3, 0.4) is 0 Å². The van der Waals surface area contributed by atoms with Crippen molar-refractivity contribution in [3.63, 3.8) is 0 Å². The maximum absolute atomic E-state index is 13.9. The van der Waals surface area contributed by atoms with Crippen molar-refractivity contribution in [2.24, 2.45) is 5.92 Å². The summed E-state index contributed by atoms with van der Waals surface area (Å²) in [6.45, 7) is 4.96. The van der Waals surface area contributed by atoms with E-state index in [9.17, 15) is 18.0 Å². The van der Waals surface area contributed by atoms with Gasteiger partial charge in [-0.05, 0) is 35.6 Å². The Labute approximate surface area is 248 Å². The smallest absolute Gasteiger partial charge is 0.243 e. The lowest BCUT2D eigenvalue weighted by atomic mass is 10.0. The number of nitrogens with one attached hydrogen (secondary N) is 1. The van der Waals surface area contributed by atoms with Crippen LogP contribution in [0, 0.1) is 5.92 Å². The molecule has 0 fully saturated rings. The Kier molecular flexibility index (Phi) is 10.5. The summed E-state index contributed by atoms with van der Waals surface area (Å²) in [4.78, 5) is 29.1. The zero-order valence-corrected chi connectivity index (χ0v) is 25.2. The molecule has 3 aromatic rings. The lowest BCUT2D eigenvalue weighted by Crippen LogP contribution is -2.51. The van der Waals surface area contributed by atoms with Crippen LogP contribution in [0.1, 0.15) is 37.8 Å². The molecular weight excluding hydrogens is 554 g/mol. The molecule has 0 saturated carbocycles. The van der Waals surface area contributed by atoms with Gasteiger partial charge in [0, 0.05) is 38.5 Å². The van der Waals surface area contributed by atoms with Gasteiger partial charge in [-0.3, -0.25) is 13.9 Å². The number of sulfonamides is 1. The molecule has 1 unspecified atom stereocenters. The minimum atomic E-state index is -3.64. The topological polar surface area (TPSA) is 105 Å². The maximum atomic E-state index is 13.9. The molecule has 224 valence electrons. The van der Waals surface area contributed by atoms with Crippen molar-refractivity contribution in [2.75, 3.05) is 30.4 Å². The molecule has 3 aromatic carbocycles. The van der Waals surface area contributed by atoms with Crippen LogP contribution in [0.15, 0.2) is 78.9 Å². The van der Waals surface area contributed by atoms with Crippen molar-refractivity contribution >= 4 is 27.5 Å². The highest BCUT2D eigenvalue weighted by molar-refractivity contribution is 7.92. The molecule has 1 atom stereocenters. The van der Waals surface area contributed by atoms with E-state index in [0.717, 1.165) is 17.4 Å². The van der Waals surface area contributed by atoms with Crippen LogP contribution >= 0.6 is 0 Å². The van der Waals surface area contributed by atoms with E-state index < -0.39 is 16.1 Å². The Balaban J connectivity index is 1.55. The van der Waals surface area contributed by atoms with Gasteiger partial charge in [0.25, 0.3) is 0 Å². The summed E-state index contributed by atoms with van der Waals surface area (Å²) in [7, 11) is -3.64. The number of benzene rings is 3. The van der Waals surface area contributed by atoms with Crippen molar-refractivity contribution < 1.29 is 27.5 Å². The van der Waals surface area contributed by atoms with E-state index in [2.05, 4.69) is 5.32 Å². The fourth-order valence-corrected chi connectivity index (χ4v) is 5.76. The number of anilines is 1. The molecule has 0 aliphatic carbocycles. The monoisotopic (exact) mass is 593 g/mol. The van der Waals surface area contributed by atoms with Gasteiger partial charge in [-0.2, -0.15) is 0 Å². The Morgan fingerprint density at radius 2 is 1.55 bits per heavy atom. The molecule has 9 nitrogen and oxygen atoms in total. The molecule has 0 bridgehead atoms. The van der Waals surface area contributed by atoms with Gasteiger partial charge in [-0.25, -0.2) is 8.42 Å². The first-order chi connectivity index (χ1) is 20.1. The molecule has 10 heteroatoms. The summed E-state index contributed by atoms with van der Waals surface area (Å²) < 4.78 is 37.5. The average Bonchev–Trinajstić information content (AvgIpc) is 3.44. The Morgan fingerprint density at radius 1 is 0.905 bits per heavy atom. The lowest BCUT2D eigenvalue weighted by molar-refractivity contribution is -0.141. The van der Waals surface area contributed by atoms with Crippen LogP contribution in [-0.2, 0) is 32.6 Å². The summed E-state index contributed by atoms with van der Waals surface area (Å²) in [6, 6.07) is 23.4. The first kappa shape index (κ1) is 30.9. The number of carbonyl (C=O) groups is 2. The third kappa shape index (κ3) is 8.48. The highest BCUT2D eigenvalue weighted by Crippen LogP contribution is 2.36. The first-order valence-corrected chi connectivity index (χ1v) is 16.0. The number of amides is 2. The molecule has 1 N–H and O–H groups in total. The van der Waals surface area contributed by atoms with Crippen molar-refractivity contribution in [3.05, 3.63) is 90.0 Å². The van der Waals surface area contributed by atoms with E-state index in [0.29, 0.717) is 30.2 Å². The number of carbonyl (C=O) groups excluding carboxylic acids is 2. The minimum Gasteiger partial charge on any atom is -0.454 e. The zero-order chi connectivity index (χ0) is 30.1. The predicted molar refractivity (Wildman–Crippen MR) is 163 cm³/mol. The van der Waals surface area contributed by atoms with E-state index in [1.54, 1.807) is 23.1 Å². The van der Waals surface area contributed by atoms with Gasteiger partial charge in [0.05, 0.1) is 11.9 Å². The zero-order valence-electron chi connectivity index (χ0n) is 24.4. The van der Waals surface area contributed by atoms with Gasteiger partial charge < -0.3 is 19.7 Å². The second-order valence-corrected chi connectivity index (χ2v) is 12.7. The standard InChI is InChI=1S/C32H39N3O6S/c1-24(2)21-33-32(37)28(19-25-11-6-4-7-12-25)34(22-26-13-8-5-9-14-26)31(36)15-10-18-35(42(3,38)39)27-16-17-29-30(20-27)41-23-40-29/h4-9,11-14,16-17,20,24,28H,10,15,18-19,21-23H2,1-3H3,(H,33,37). The molecule has 0 radical (unpaired) electrons. The number of ether oxygens (including phenoxy) is 2. The molecular formula is C32H39N3O6S. The fraction of sp³-hybridized carbons (Fsp3) is 0.375. The molecule has 1 heterocycles. The average molecular weight is 594 g/mol. The first-order valence-electron chi connectivity index (χ1n) is 14.1. The summed E-state index contributed by atoms with van der Waals surface area (Å²) in [5, 5.41) is 3.02. The number of fused-ring (bicyclic) bond motifs is 1. The van der Waals surface area contributed by atoms with E-state index in [1.807, 2.05) is 74.5 Å². The number of hydrogen-bond donors (Lipinski definition) is 1. The second kappa shape index (κ2) is 14.2. The maximum Gasteiger partial charge on any atom is 0.243 e. The molecule has 1 aliphatic heterocycles. The molecule has 0 spiro atoms. The van der Waals surface area contributed by atoms with Crippen LogP contribution in [0.5, 0.6) is 11.5 Å². The number of hydrogen-bond acceptors (Lipinski definition) is 6. The number of rotatable bonds is 14. The Bertz CT molecular complexity index is 1450. The van der Waals surface area contributed by atoms with Gasteiger partial charge in [0.1, 0.15) is 6.04 Å². The highest BCUT2D eigenvalue weighted by atomic mass is 32.2. The van der Waals surface area contributed by atoms with E-state index in [-0.39, 0.29) is 50.5 Å². The summed E-state index contributed by atoms with van der Waals surface area (Å²) in [6.07, 6.45) is 1.82. The minimum absolute atomic E-state index is 0.0617. The molecule has 42 heavy (non-hydrogen) atoms. The summed E-state index contributed by atoms with van der Waals surface area (Å²) >= 11 is 0. The van der Waals surface area contributed by atoms with Gasteiger partial charge in [0.2, 0.25) is 28.6 Å². The van der Waals surface area contributed by atoms with Gasteiger partial charge >= 0.3 is 0 Å². The van der Waals surface area contributed by atoms with Crippen molar-refractivity contribution in [2.45, 2.75) is 45.7 Å². The molecule has 4 rings (SSSR count). The summed E-state index contributed by atoms with van der Waals surface area (Å²) in [5.41, 5.74) is 2.28. The Hall–Kier alpha value is -4.05. The fourth-order valence-electron chi connectivity index (χ4n) is 4.80. The highest BCUT2D eigenvalue weighted by Gasteiger charge is 2.30. The molecule has 0 saturated heterocycles. The largest absolute Gasteiger partial charge is 0.454 e. The van der Waals surface area contributed by atoms with Crippen molar-refractivity contribution in [1.29, 1.82) is 0 Å². The lowest BCUT2D eigenvalue weighted by Gasteiger charge is -2.32. The third-order valence-electron chi connectivity index (χ3n) is 6.95. The molecule has 2 amide bonds. The van der Waals surface area contributed by atoms with E-state index >= 15 is 0 Å². The van der Waals surface area contributed by atoms with Crippen LogP contribution in [0.2, 0.25) is 0 Å². The predicted octanol–water partition coefficient (Wildman–Crippen LogP) is 4.37. The van der Waals surface area contributed by atoms with E-state index in [4.69, 9.17) is 9.47 Å². The third-order valence-corrected chi connectivity index (χ3v) is 8.14. The van der Waals surface area contributed by atoms with E-state index in [1.165, 1.54) is 4.31 Å². The number of nitrogens with zero attached hydrogens (tertiary/aromatic N) is 2. The Morgan fingerprint density at radius 3 is 2.19 bits per heavy atom. The van der Waals surface area contributed by atoms with Crippen molar-refractivity contribution in [1.82, 2.24) is 10.2 Å². The van der Waals surface area contributed by atoms with Crippen LogP contribution in [0.25, 0.3) is 0 Å². The van der Waals surface area contributed by atoms with Crippen LogP contribution in [-0.4, -0.2) is 57.3 Å². The normalized spacial score (nSPS) is 13.0. The molecule has 0 aromatic heterocycles. The van der Waals surface area contributed by atoms with Crippen LogP contribution in [0.4, 0.5) is 5.69 Å². The van der Waals surface area contributed by atoms with Gasteiger partial charge in [-0.15, -0.1) is 0 Å². The van der Waals surface area contributed by atoms with Crippen LogP contribution < -0.4 is 19.1 Å². The second-order valence-electron chi connectivity index (χ2n) is 10.8. The summed E-state index contributed by atoms with van der Waals surface area (Å²) in [5.74, 6) is 0.845. The SMILES string of the molecule is CC(C)CNC(=O)C(Cc1ccccc1)N(Cc1ccccc1)C(=O)CCCN(c1ccc2c(c1)OCO2)S(C)(=O)=O.